The van der Waals surface area contributed by atoms with Crippen molar-refractivity contribution in [2.45, 2.75) is 13.0 Å². The highest BCUT2D eigenvalue weighted by Gasteiger charge is 2.15. The second-order valence-corrected chi connectivity index (χ2v) is 5.20. The van der Waals surface area contributed by atoms with Gasteiger partial charge in [0.15, 0.2) is 0 Å². The molecule has 4 rings (SSSR count). The van der Waals surface area contributed by atoms with Gasteiger partial charge < -0.3 is 15.5 Å². The van der Waals surface area contributed by atoms with Crippen molar-refractivity contribution in [2.24, 2.45) is 0 Å². The molecule has 3 N–H and O–H groups in total. The van der Waals surface area contributed by atoms with Crippen molar-refractivity contribution in [3.05, 3.63) is 54.0 Å². The summed E-state index contributed by atoms with van der Waals surface area (Å²) in [6.07, 6.45) is 3.19. The second-order valence-electron chi connectivity index (χ2n) is 5.20. The van der Waals surface area contributed by atoms with Crippen molar-refractivity contribution in [3.63, 3.8) is 0 Å². The van der Waals surface area contributed by atoms with Crippen molar-refractivity contribution in [3.8, 4) is 11.1 Å². The number of pyridine rings is 1. The Kier molecular flexibility index (Phi) is 2.50. The molecule has 0 fully saturated rings. The molecular weight excluding hydrogens is 248 g/mol. The fourth-order valence-electron chi connectivity index (χ4n) is 2.85. The van der Waals surface area contributed by atoms with Gasteiger partial charge in [-0.3, -0.25) is 0 Å². The fourth-order valence-corrected chi connectivity index (χ4v) is 2.85. The monoisotopic (exact) mass is 264 g/mol. The predicted octanol–water partition coefficient (Wildman–Crippen LogP) is 2.23. The van der Waals surface area contributed by atoms with Crippen LogP contribution < -0.4 is 11.1 Å². The minimum Gasteiger partial charge on any atom is -0.399 e. The lowest BCUT2D eigenvalue weighted by Crippen LogP contribution is -2.24. The number of hydrogen-bond acceptors (Lipinski definition) is 3. The predicted molar refractivity (Wildman–Crippen MR) is 80.5 cm³/mol. The smallest absolute Gasteiger partial charge is 0.137 e. The van der Waals surface area contributed by atoms with E-state index in [9.17, 15) is 0 Å². The number of imidazole rings is 1. The summed E-state index contributed by atoms with van der Waals surface area (Å²) in [5.74, 6) is 0. The highest BCUT2D eigenvalue weighted by Crippen LogP contribution is 2.24. The molecule has 0 saturated heterocycles. The normalized spacial score (nSPS) is 14.4. The third-order valence-corrected chi connectivity index (χ3v) is 3.85. The molecule has 20 heavy (non-hydrogen) atoms. The highest BCUT2D eigenvalue weighted by atomic mass is 15.1. The van der Waals surface area contributed by atoms with Crippen LogP contribution in [0, 0.1) is 0 Å². The molecular formula is C16H16N4. The SMILES string of the molecule is Nc1cccc(-c2ccc3nc4c(n3c2)CCNC4)c1. The van der Waals surface area contributed by atoms with Gasteiger partial charge in [-0.2, -0.15) is 0 Å². The minimum absolute atomic E-state index is 0.791. The number of rotatable bonds is 1. The first-order valence-electron chi connectivity index (χ1n) is 6.88. The molecule has 0 spiro atoms. The zero-order valence-electron chi connectivity index (χ0n) is 11.1. The summed E-state index contributed by atoms with van der Waals surface area (Å²) in [5, 5.41) is 3.36. The standard InChI is InChI=1S/C16H16N4/c17-13-3-1-2-11(8-13)12-4-5-16-19-14-9-18-7-6-15(14)20(16)10-12/h1-5,8,10,18H,6-7,9,17H2. The van der Waals surface area contributed by atoms with E-state index in [-0.39, 0.29) is 0 Å². The van der Waals surface area contributed by atoms with Crippen molar-refractivity contribution >= 4 is 11.3 Å². The number of aromatic nitrogens is 2. The minimum atomic E-state index is 0.791. The van der Waals surface area contributed by atoms with Crippen LogP contribution in [0.2, 0.25) is 0 Å². The number of nitrogens with zero attached hydrogens (tertiary/aromatic N) is 2. The molecule has 0 amide bonds. The van der Waals surface area contributed by atoms with Crippen LogP contribution >= 0.6 is 0 Å². The Morgan fingerprint density at radius 3 is 3.00 bits per heavy atom. The first-order chi connectivity index (χ1) is 9.81. The van der Waals surface area contributed by atoms with Crippen LogP contribution in [0.3, 0.4) is 0 Å². The van der Waals surface area contributed by atoms with Crippen LogP contribution in [-0.4, -0.2) is 15.9 Å². The molecule has 0 aliphatic carbocycles. The molecule has 0 unspecified atom stereocenters. The summed E-state index contributed by atoms with van der Waals surface area (Å²) in [4.78, 5) is 4.68. The van der Waals surface area contributed by atoms with Crippen LogP contribution in [0.25, 0.3) is 16.8 Å². The van der Waals surface area contributed by atoms with Gasteiger partial charge in [-0.25, -0.2) is 4.98 Å². The quantitative estimate of drug-likeness (QED) is 0.663. The second kappa shape index (κ2) is 4.35. The van der Waals surface area contributed by atoms with Gasteiger partial charge >= 0.3 is 0 Å². The summed E-state index contributed by atoms with van der Waals surface area (Å²) in [6.45, 7) is 1.88. The van der Waals surface area contributed by atoms with Crippen molar-refractivity contribution < 1.29 is 0 Å². The maximum atomic E-state index is 5.87. The van der Waals surface area contributed by atoms with Crippen molar-refractivity contribution in [2.75, 3.05) is 12.3 Å². The number of nitrogen functional groups attached to an aromatic ring is 1. The average molecular weight is 264 g/mol. The molecule has 4 heteroatoms. The van der Waals surface area contributed by atoms with Gasteiger partial charge in [0.25, 0.3) is 0 Å². The zero-order valence-corrected chi connectivity index (χ0v) is 11.1. The molecule has 0 bridgehead atoms. The van der Waals surface area contributed by atoms with E-state index >= 15 is 0 Å². The molecule has 2 aromatic heterocycles. The maximum absolute atomic E-state index is 5.87. The molecule has 100 valence electrons. The summed E-state index contributed by atoms with van der Waals surface area (Å²) in [7, 11) is 0. The Morgan fingerprint density at radius 2 is 2.10 bits per heavy atom. The number of nitrogens with one attached hydrogen (secondary N) is 1. The molecule has 0 saturated carbocycles. The van der Waals surface area contributed by atoms with E-state index in [2.05, 4.69) is 39.1 Å². The Hall–Kier alpha value is -2.33. The van der Waals surface area contributed by atoms with Crippen molar-refractivity contribution in [1.82, 2.24) is 14.7 Å². The third kappa shape index (κ3) is 1.77. The Balaban J connectivity index is 1.90. The van der Waals surface area contributed by atoms with Gasteiger partial charge in [0, 0.05) is 37.1 Å². The van der Waals surface area contributed by atoms with Gasteiger partial charge in [0.2, 0.25) is 0 Å². The Morgan fingerprint density at radius 1 is 1.15 bits per heavy atom. The van der Waals surface area contributed by atoms with Gasteiger partial charge in [-0.05, 0) is 35.4 Å². The average Bonchev–Trinajstić information content (AvgIpc) is 2.85. The van der Waals surface area contributed by atoms with Crippen LogP contribution in [0.4, 0.5) is 5.69 Å². The van der Waals surface area contributed by atoms with E-state index in [1.165, 1.54) is 17.0 Å². The number of nitrogens with two attached hydrogens (primary N) is 1. The fraction of sp³-hybridized carbons (Fsp3) is 0.188. The van der Waals surface area contributed by atoms with E-state index in [0.29, 0.717) is 0 Å². The third-order valence-electron chi connectivity index (χ3n) is 3.85. The molecule has 3 heterocycles. The zero-order chi connectivity index (χ0) is 13.5. The Bertz CT molecular complexity index is 788. The highest BCUT2D eigenvalue weighted by molar-refractivity contribution is 5.68. The summed E-state index contributed by atoms with van der Waals surface area (Å²) in [6, 6.07) is 12.2. The van der Waals surface area contributed by atoms with Gasteiger partial charge in [0.05, 0.1) is 5.69 Å². The van der Waals surface area contributed by atoms with Crippen molar-refractivity contribution in [1.29, 1.82) is 0 Å². The number of hydrogen-bond donors (Lipinski definition) is 2. The summed E-state index contributed by atoms with van der Waals surface area (Å²) < 4.78 is 2.22. The van der Waals surface area contributed by atoms with Crippen LogP contribution in [0.1, 0.15) is 11.4 Å². The first kappa shape index (κ1) is 11.5. The van der Waals surface area contributed by atoms with E-state index in [1.54, 1.807) is 0 Å². The molecule has 1 aliphatic rings. The van der Waals surface area contributed by atoms with Gasteiger partial charge in [0.1, 0.15) is 5.65 Å². The summed E-state index contributed by atoms with van der Waals surface area (Å²) in [5.41, 5.74) is 12.5. The number of anilines is 1. The molecule has 1 aromatic carbocycles. The molecule has 1 aliphatic heterocycles. The van der Waals surface area contributed by atoms with Crippen LogP contribution in [-0.2, 0) is 13.0 Å². The van der Waals surface area contributed by atoms with Crippen LogP contribution in [0.15, 0.2) is 42.6 Å². The van der Waals surface area contributed by atoms with E-state index in [1.807, 2.05) is 18.2 Å². The maximum Gasteiger partial charge on any atom is 0.137 e. The molecule has 0 atom stereocenters. The lowest BCUT2D eigenvalue weighted by Gasteiger charge is -2.12. The topological polar surface area (TPSA) is 55.3 Å². The largest absolute Gasteiger partial charge is 0.399 e. The van der Waals surface area contributed by atoms with Gasteiger partial charge in [-0.1, -0.05) is 12.1 Å². The van der Waals surface area contributed by atoms with E-state index in [0.717, 1.165) is 36.4 Å². The van der Waals surface area contributed by atoms with Gasteiger partial charge in [-0.15, -0.1) is 0 Å². The van der Waals surface area contributed by atoms with E-state index in [4.69, 9.17) is 5.73 Å². The Labute approximate surface area is 117 Å². The molecule has 4 nitrogen and oxygen atoms in total. The van der Waals surface area contributed by atoms with E-state index < -0.39 is 0 Å². The number of fused-ring (bicyclic) bond motifs is 3. The lowest BCUT2D eigenvalue weighted by atomic mass is 10.1. The summed E-state index contributed by atoms with van der Waals surface area (Å²) >= 11 is 0. The molecule has 3 aromatic rings. The number of benzene rings is 1. The first-order valence-corrected chi connectivity index (χ1v) is 6.88. The van der Waals surface area contributed by atoms with Crippen LogP contribution in [0.5, 0.6) is 0 Å². The molecule has 0 radical (unpaired) electrons. The lowest BCUT2D eigenvalue weighted by molar-refractivity contribution is 0.623.